The third-order valence-corrected chi connectivity index (χ3v) is 5.81. The summed E-state index contributed by atoms with van der Waals surface area (Å²) in [4.78, 5) is 12.2. The predicted molar refractivity (Wildman–Crippen MR) is 100 cm³/mol. The zero-order valence-electron chi connectivity index (χ0n) is 15.0. The number of hydrogen-bond donors (Lipinski definition) is 4. The van der Waals surface area contributed by atoms with Gasteiger partial charge in [0.1, 0.15) is 4.90 Å². The number of benzene rings is 1. The van der Waals surface area contributed by atoms with Crippen molar-refractivity contribution in [1.82, 2.24) is 20.2 Å². The normalized spacial score (nSPS) is 12.0. The van der Waals surface area contributed by atoms with Crippen LogP contribution in [0.4, 0.5) is 5.69 Å². The van der Waals surface area contributed by atoms with E-state index in [2.05, 4.69) is 25.0 Å². The van der Waals surface area contributed by atoms with Crippen LogP contribution in [0.25, 0.3) is 0 Å². The number of aromatic nitrogens is 2. The number of aryl methyl sites for hydroxylation is 2. The molecule has 0 saturated carbocycles. The summed E-state index contributed by atoms with van der Waals surface area (Å²) in [6.45, 7) is 3.28. The number of nitrogens with zero attached hydrogens (tertiary/aromatic N) is 1. The van der Waals surface area contributed by atoms with Crippen molar-refractivity contribution in [2.75, 3.05) is 24.1 Å². The molecule has 0 aliphatic heterocycles. The molecule has 4 N–H and O–H groups in total. The number of carbonyl (C=O) groups is 1. The Labute approximate surface area is 157 Å². The minimum Gasteiger partial charge on any atom is -0.351 e. The largest absolute Gasteiger partial charge is 0.351 e. The van der Waals surface area contributed by atoms with Crippen molar-refractivity contribution in [3.8, 4) is 0 Å². The number of H-pyrrole nitrogens is 1. The first-order valence-electron chi connectivity index (χ1n) is 7.87. The molecule has 0 radical (unpaired) electrons. The molecule has 10 nitrogen and oxygen atoms in total. The zero-order chi connectivity index (χ0) is 20.2. The lowest BCUT2D eigenvalue weighted by Crippen LogP contribution is -2.35. The van der Waals surface area contributed by atoms with E-state index in [4.69, 9.17) is 0 Å². The quantitative estimate of drug-likeness (QED) is 0.449. The van der Waals surface area contributed by atoms with E-state index in [1.807, 2.05) is 0 Å². The molecule has 2 rings (SSSR count). The van der Waals surface area contributed by atoms with Crippen LogP contribution in [0.2, 0.25) is 0 Å². The number of nitrogens with one attached hydrogen (secondary N) is 4. The second-order valence-electron chi connectivity index (χ2n) is 5.87. The van der Waals surface area contributed by atoms with Gasteiger partial charge in [-0.05, 0) is 38.1 Å². The van der Waals surface area contributed by atoms with Gasteiger partial charge in [0, 0.05) is 24.3 Å². The maximum absolute atomic E-state index is 12.3. The highest BCUT2D eigenvalue weighted by Crippen LogP contribution is 2.15. The van der Waals surface area contributed by atoms with Crippen LogP contribution in [0.3, 0.4) is 0 Å². The summed E-state index contributed by atoms with van der Waals surface area (Å²) in [6, 6.07) is 5.85. The number of anilines is 1. The minimum atomic E-state index is -3.72. The molecular formula is C15H21N5O5S2. The van der Waals surface area contributed by atoms with Crippen LogP contribution in [-0.4, -0.2) is 52.3 Å². The standard InChI is InChI=1S/C15H21N5O5S2/c1-10-14(11(2)19-18-10)27(24,25)17-9-8-16-15(21)12-4-6-13(7-5-12)20-26(3,22)23/h4-7,17,20H,8-9H2,1-3H3,(H,16,21)(H,18,19). The number of rotatable bonds is 8. The van der Waals surface area contributed by atoms with Gasteiger partial charge in [0.15, 0.2) is 0 Å². The summed E-state index contributed by atoms with van der Waals surface area (Å²) in [5, 5.41) is 9.05. The van der Waals surface area contributed by atoms with E-state index in [1.165, 1.54) is 24.3 Å². The number of aromatic amines is 1. The first kappa shape index (κ1) is 20.9. The number of amides is 1. The van der Waals surface area contributed by atoms with Gasteiger partial charge >= 0.3 is 0 Å². The topological polar surface area (TPSA) is 150 Å². The average Bonchev–Trinajstić information content (AvgIpc) is 2.90. The second-order valence-corrected chi connectivity index (χ2v) is 9.32. The Balaban J connectivity index is 1.87. The van der Waals surface area contributed by atoms with Crippen LogP contribution in [0.1, 0.15) is 21.7 Å². The maximum atomic E-state index is 12.3. The summed E-state index contributed by atoms with van der Waals surface area (Å²) in [5.41, 5.74) is 1.46. The Morgan fingerprint density at radius 2 is 1.70 bits per heavy atom. The van der Waals surface area contributed by atoms with Crippen LogP contribution in [-0.2, 0) is 20.0 Å². The maximum Gasteiger partial charge on any atom is 0.251 e. The molecule has 12 heteroatoms. The van der Waals surface area contributed by atoms with Crippen molar-refractivity contribution in [2.24, 2.45) is 0 Å². The number of carbonyl (C=O) groups excluding carboxylic acids is 1. The number of hydrogen-bond acceptors (Lipinski definition) is 6. The summed E-state index contributed by atoms with van der Waals surface area (Å²) < 4.78 is 51.5. The summed E-state index contributed by atoms with van der Waals surface area (Å²) in [7, 11) is -7.11. The third-order valence-electron chi connectivity index (χ3n) is 3.48. The Morgan fingerprint density at radius 3 is 2.22 bits per heavy atom. The highest BCUT2D eigenvalue weighted by Gasteiger charge is 2.21. The summed E-state index contributed by atoms with van der Waals surface area (Å²) >= 11 is 0. The fourth-order valence-corrected chi connectivity index (χ4v) is 4.34. The summed E-state index contributed by atoms with van der Waals surface area (Å²) in [6.07, 6.45) is 1.03. The van der Waals surface area contributed by atoms with Gasteiger partial charge in [-0.2, -0.15) is 5.10 Å². The molecule has 0 aliphatic rings. The van der Waals surface area contributed by atoms with E-state index in [-0.39, 0.29) is 18.0 Å². The Hall–Kier alpha value is -2.44. The Morgan fingerprint density at radius 1 is 1.07 bits per heavy atom. The Bertz CT molecular complexity index is 1010. The first-order chi connectivity index (χ1) is 12.5. The van der Waals surface area contributed by atoms with E-state index >= 15 is 0 Å². The molecule has 0 unspecified atom stereocenters. The van der Waals surface area contributed by atoms with Gasteiger partial charge in [0.2, 0.25) is 20.0 Å². The van der Waals surface area contributed by atoms with Gasteiger partial charge in [-0.25, -0.2) is 21.6 Å². The molecule has 0 atom stereocenters. The molecule has 1 aromatic heterocycles. The molecule has 1 aromatic carbocycles. The highest BCUT2D eigenvalue weighted by molar-refractivity contribution is 7.92. The SMILES string of the molecule is Cc1n[nH]c(C)c1S(=O)(=O)NCCNC(=O)c1ccc(NS(C)(=O)=O)cc1. The minimum absolute atomic E-state index is 0.00580. The average molecular weight is 415 g/mol. The van der Waals surface area contributed by atoms with Gasteiger partial charge in [-0.1, -0.05) is 0 Å². The van der Waals surface area contributed by atoms with E-state index < -0.39 is 26.0 Å². The fraction of sp³-hybridized carbons (Fsp3) is 0.333. The van der Waals surface area contributed by atoms with Gasteiger partial charge in [-0.3, -0.25) is 14.6 Å². The molecule has 2 aromatic rings. The summed E-state index contributed by atoms with van der Waals surface area (Å²) in [5.74, 6) is -0.407. The Kier molecular flexibility index (Phi) is 6.23. The van der Waals surface area contributed by atoms with Crippen LogP contribution in [0.15, 0.2) is 29.2 Å². The van der Waals surface area contributed by atoms with Crippen molar-refractivity contribution >= 4 is 31.6 Å². The predicted octanol–water partition coefficient (Wildman–Crippen LogP) is 0.106. The van der Waals surface area contributed by atoms with Crippen LogP contribution < -0.4 is 14.8 Å². The molecule has 0 saturated heterocycles. The molecule has 0 spiro atoms. The lowest BCUT2D eigenvalue weighted by molar-refractivity contribution is 0.0954. The molecule has 0 fully saturated rings. The highest BCUT2D eigenvalue weighted by atomic mass is 32.2. The number of sulfonamides is 2. The van der Waals surface area contributed by atoms with Gasteiger partial charge in [-0.15, -0.1) is 0 Å². The van der Waals surface area contributed by atoms with E-state index in [1.54, 1.807) is 13.8 Å². The molecular weight excluding hydrogens is 394 g/mol. The van der Waals surface area contributed by atoms with Gasteiger partial charge in [0.05, 0.1) is 17.6 Å². The molecule has 1 heterocycles. The first-order valence-corrected chi connectivity index (χ1v) is 11.2. The third kappa shape index (κ3) is 5.77. The van der Waals surface area contributed by atoms with Gasteiger partial charge in [0.25, 0.3) is 5.91 Å². The lowest BCUT2D eigenvalue weighted by Gasteiger charge is -2.09. The zero-order valence-corrected chi connectivity index (χ0v) is 16.7. The van der Waals surface area contributed by atoms with Crippen LogP contribution in [0, 0.1) is 13.8 Å². The van der Waals surface area contributed by atoms with Crippen molar-refractivity contribution in [1.29, 1.82) is 0 Å². The molecule has 0 bridgehead atoms. The molecule has 27 heavy (non-hydrogen) atoms. The van der Waals surface area contributed by atoms with Crippen molar-refractivity contribution in [2.45, 2.75) is 18.7 Å². The molecule has 1 amide bonds. The van der Waals surface area contributed by atoms with Gasteiger partial charge < -0.3 is 5.32 Å². The van der Waals surface area contributed by atoms with E-state index in [9.17, 15) is 21.6 Å². The van der Waals surface area contributed by atoms with Crippen LogP contribution in [0.5, 0.6) is 0 Å². The van der Waals surface area contributed by atoms with Crippen molar-refractivity contribution < 1.29 is 21.6 Å². The fourth-order valence-electron chi connectivity index (χ4n) is 2.38. The molecule has 148 valence electrons. The molecule has 0 aliphatic carbocycles. The second kappa shape index (κ2) is 8.06. The van der Waals surface area contributed by atoms with Crippen molar-refractivity contribution in [3.05, 3.63) is 41.2 Å². The van der Waals surface area contributed by atoms with E-state index in [0.717, 1.165) is 6.26 Å². The smallest absolute Gasteiger partial charge is 0.251 e. The lowest BCUT2D eigenvalue weighted by atomic mass is 10.2. The van der Waals surface area contributed by atoms with E-state index in [0.29, 0.717) is 22.6 Å². The van der Waals surface area contributed by atoms with Crippen LogP contribution >= 0.6 is 0 Å². The monoisotopic (exact) mass is 415 g/mol. The van der Waals surface area contributed by atoms with Crippen molar-refractivity contribution in [3.63, 3.8) is 0 Å².